The summed E-state index contributed by atoms with van der Waals surface area (Å²) < 4.78 is 1.77. The largest absolute Gasteiger partial charge is 0.330 e. The normalized spacial score (nSPS) is 11.9. The van der Waals surface area contributed by atoms with E-state index in [-0.39, 0.29) is 41.2 Å². The number of rotatable bonds is 6. The van der Waals surface area contributed by atoms with Crippen LogP contribution in [0.3, 0.4) is 0 Å². The fraction of sp³-hybridized carbons (Fsp3) is 0.522. The highest BCUT2D eigenvalue weighted by Gasteiger charge is 2.27. The quantitative estimate of drug-likeness (QED) is 0.530. The Hall–Kier alpha value is -3.23. The summed E-state index contributed by atoms with van der Waals surface area (Å²) in [6, 6.07) is 6.18. The summed E-state index contributed by atoms with van der Waals surface area (Å²) in [5.74, 6) is -0.250. The summed E-state index contributed by atoms with van der Waals surface area (Å²) in [5.41, 5.74) is 0.816. The Labute approximate surface area is 188 Å². The summed E-state index contributed by atoms with van der Waals surface area (Å²) in [7, 11) is 0. The molecule has 0 aliphatic rings. The van der Waals surface area contributed by atoms with Gasteiger partial charge in [-0.1, -0.05) is 26.8 Å². The highest BCUT2D eigenvalue weighted by Crippen LogP contribution is 2.28. The van der Waals surface area contributed by atoms with Crippen LogP contribution in [0.15, 0.2) is 24.3 Å². The molecule has 1 aromatic carbocycles. The van der Waals surface area contributed by atoms with Gasteiger partial charge in [0.2, 0.25) is 5.91 Å². The van der Waals surface area contributed by atoms with E-state index in [2.05, 4.69) is 10.4 Å². The molecular weight excluding hydrogens is 410 g/mol. The number of benzene rings is 1. The van der Waals surface area contributed by atoms with Gasteiger partial charge in [-0.2, -0.15) is 5.10 Å². The smallest absolute Gasteiger partial charge is 0.273 e. The Kier molecular flexibility index (Phi) is 7.12. The third-order valence-electron chi connectivity index (χ3n) is 5.04. The van der Waals surface area contributed by atoms with Crippen LogP contribution in [-0.4, -0.2) is 44.5 Å². The van der Waals surface area contributed by atoms with Crippen LogP contribution in [0.5, 0.6) is 0 Å². The number of nitrogens with zero attached hydrogens (tertiary/aromatic N) is 4. The van der Waals surface area contributed by atoms with E-state index in [1.807, 2.05) is 47.6 Å². The molecule has 0 unspecified atom stereocenters. The molecule has 9 heteroatoms. The van der Waals surface area contributed by atoms with Gasteiger partial charge in [0.25, 0.3) is 11.6 Å². The summed E-state index contributed by atoms with van der Waals surface area (Å²) in [4.78, 5) is 37.8. The standard InChI is InChI=1S/C23H33N5O4/c1-9-26(21(30)16-11-10-15(2)17(12-16)28(31)32)14-20(29)24-19-13-18(22(3,4)5)25-27(19)23(6,7)8/h10-13H,9,14H2,1-8H3,(H,24,29). The minimum Gasteiger partial charge on any atom is -0.330 e. The third kappa shape index (κ3) is 5.72. The number of amides is 2. The van der Waals surface area contributed by atoms with Crippen molar-refractivity contribution in [1.29, 1.82) is 0 Å². The Bertz CT molecular complexity index is 1030. The summed E-state index contributed by atoms with van der Waals surface area (Å²) in [5, 5.41) is 18.8. The number of hydrogen-bond acceptors (Lipinski definition) is 5. The molecule has 9 nitrogen and oxygen atoms in total. The van der Waals surface area contributed by atoms with E-state index in [4.69, 9.17) is 0 Å². The number of nitrogens with one attached hydrogen (secondary N) is 1. The molecule has 2 aromatic rings. The Morgan fingerprint density at radius 3 is 2.28 bits per heavy atom. The van der Waals surface area contributed by atoms with Crippen molar-refractivity contribution in [2.24, 2.45) is 0 Å². The molecule has 0 fully saturated rings. The first-order chi connectivity index (χ1) is 14.6. The van der Waals surface area contributed by atoms with Crippen LogP contribution >= 0.6 is 0 Å². The van der Waals surface area contributed by atoms with E-state index in [1.165, 1.54) is 23.1 Å². The number of anilines is 1. The van der Waals surface area contributed by atoms with Gasteiger partial charge in [0, 0.05) is 35.2 Å². The van der Waals surface area contributed by atoms with E-state index >= 15 is 0 Å². The van der Waals surface area contributed by atoms with Crippen LogP contribution < -0.4 is 5.32 Å². The lowest BCUT2D eigenvalue weighted by atomic mass is 9.92. The van der Waals surface area contributed by atoms with Gasteiger partial charge in [0.15, 0.2) is 0 Å². The number of aryl methyl sites for hydroxylation is 1. The lowest BCUT2D eigenvalue weighted by Gasteiger charge is -2.24. The lowest BCUT2D eigenvalue weighted by molar-refractivity contribution is -0.385. The van der Waals surface area contributed by atoms with E-state index in [0.717, 1.165) is 5.69 Å². The van der Waals surface area contributed by atoms with Crippen molar-refractivity contribution in [2.45, 2.75) is 66.3 Å². The van der Waals surface area contributed by atoms with Gasteiger partial charge in [0.1, 0.15) is 12.4 Å². The molecule has 2 amide bonds. The predicted molar refractivity (Wildman–Crippen MR) is 124 cm³/mol. The molecule has 174 valence electrons. The number of aromatic nitrogens is 2. The zero-order chi connectivity index (χ0) is 24.4. The van der Waals surface area contributed by atoms with Gasteiger partial charge in [-0.3, -0.25) is 19.7 Å². The molecule has 0 aliphatic heterocycles. The zero-order valence-electron chi connectivity index (χ0n) is 20.1. The molecule has 0 spiro atoms. The number of nitro groups is 1. The van der Waals surface area contributed by atoms with Crippen molar-refractivity contribution in [1.82, 2.24) is 14.7 Å². The molecule has 0 radical (unpaired) electrons. The molecule has 2 rings (SSSR count). The van der Waals surface area contributed by atoms with Crippen molar-refractivity contribution < 1.29 is 14.5 Å². The van der Waals surface area contributed by atoms with Crippen LogP contribution in [-0.2, 0) is 15.7 Å². The second kappa shape index (κ2) is 9.10. The molecule has 0 aliphatic carbocycles. The van der Waals surface area contributed by atoms with Gasteiger partial charge >= 0.3 is 0 Å². The van der Waals surface area contributed by atoms with Crippen molar-refractivity contribution in [3.63, 3.8) is 0 Å². The van der Waals surface area contributed by atoms with Crippen molar-refractivity contribution >= 4 is 23.3 Å². The van der Waals surface area contributed by atoms with Gasteiger partial charge < -0.3 is 10.2 Å². The Balaban J connectivity index is 2.25. The maximum absolute atomic E-state index is 12.9. The predicted octanol–water partition coefficient (Wildman–Crippen LogP) is 4.25. The van der Waals surface area contributed by atoms with E-state index < -0.39 is 10.8 Å². The maximum atomic E-state index is 12.9. The van der Waals surface area contributed by atoms with Crippen LogP contribution in [0.25, 0.3) is 0 Å². The average molecular weight is 444 g/mol. The fourth-order valence-corrected chi connectivity index (χ4v) is 3.15. The van der Waals surface area contributed by atoms with E-state index in [9.17, 15) is 19.7 Å². The molecule has 1 N–H and O–H groups in total. The molecule has 32 heavy (non-hydrogen) atoms. The third-order valence-corrected chi connectivity index (χ3v) is 5.04. The van der Waals surface area contributed by atoms with Crippen molar-refractivity contribution in [3.05, 3.63) is 51.2 Å². The van der Waals surface area contributed by atoms with Crippen LogP contribution in [0.2, 0.25) is 0 Å². The first-order valence-electron chi connectivity index (χ1n) is 10.6. The SMILES string of the molecule is CCN(CC(=O)Nc1cc(C(C)(C)C)nn1C(C)(C)C)C(=O)c1ccc(C)c([N+](=O)[O-])c1. The highest BCUT2D eigenvalue weighted by atomic mass is 16.6. The number of carbonyl (C=O) groups is 2. The van der Waals surface area contributed by atoms with Gasteiger partial charge in [-0.15, -0.1) is 0 Å². The van der Waals surface area contributed by atoms with Gasteiger partial charge in [-0.25, -0.2) is 4.68 Å². The monoisotopic (exact) mass is 443 g/mol. The first-order valence-corrected chi connectivity index (χ1v) is 10.6. The van der Waals surface area contributed by atoms with Gasteiger partial charge in [-0.05, 0) is 40.7 Å². The van der Waals surface area contributed by atoms with Crippen LogP contribution in [0.1, 0.15) is 70.1 Å². The summed E-state index contributed by atoms with van der Waals surface area (Å²) >= 11 is 0. The number of hydrogen-bond donors (Lipinski definition) is 1. The number of likely N-dealkylation sites (N-methyl/N-ethyl adjacent to an activating group) is 1. The molecule has 0 atom stereocenters. The molecule has 1 heterocycles. The van der Waals surface area contributed by atoms with Gasteiger partial charge in [0.05, 0.1) is 16.2 Å². The Morgan fingerprint density at radius 2 is 1.78 bits per heavy atom. The van der Waals surface area contributed by atoms with Crippen molar-refractivity contribution in [2.75, 3.05) is 18.4 Å². The molecule has 0 saturated carbocycles. The van der Waals surface area contributed by atoms with E-state index in [0.29, 0.717) is 11.4 Å². The van der Waals surface area contributed by atoms with Crippen LogP contribution in [0.4, 0.5) is 11.5 Å². The zero-order valence-corrected chi connectivity index (χ0v) is 20.1. The minimum absolute atomic E-state index is 0.125. The second-order valence-electron chi connectivity index (χ2n) is 9.87. The maximum Gasteiger partial charge on any atom is 0.273 e. The molecular formula is C23H33N5O4. The minimum atomic E-state index is -0.518. The first kappa shape index (κ1) is 25.0. The number of carbonyl (C=O) groups excluding carboxylic acids is 2. The number of nitro benzene ring substituents is 1. The highest BCUT2D eigenvalue weighted by molar-refractivity contribution is 5.99. The Morgan fingerprint density at radius 1 is 1.16 bits per heavy atom. The molecule has 0 bridgehead atoms. The average Bonchev–Trinajstić information content (AvgIpc) is 3.10. The van der Waals surface area contributed by atoms with E-state index in [1.54, 1.807) is 18.5 Å². The van der Waals surface area contributed by atoms with Crippen LogP contribution in [0, 0.1) is 17.0 Å². The van der Waals surface area contributed by atoms with Crippen molar-refractivity contribution in [3.8, 4) is 0 Å². The molecule has 0 saturated heterocycles. The molecule has 1 aromatic heterocycles. The summed E-state index contributed by atoms with van der Waals surface area (Å²) in [6.07, 6.45) is 0. The topological polar surface area (TPSA) is 110 Å². The second-order valence-corrected chi connectivity index (χ2v) is 9.87. The fourth-order valence-electron chi connectivity index (χ4n) is 3.15. The lowest BCUT2D eigenvalue weighted by Crippen LogP contribution is -2.38. The summed E-state index contributed by atoms with van der Waals surface area (Å²) in [6.45, 7) is 15.6.